The van der Waals surface area contributed by atoms with Crippen molar-refractivity contribution in [2.45, 2.75) is 19.5 Å². The maximum atomic E-state index is 4.23. The number of likely N-dealkylation sites (N-methyl/N-ethyl adjacent to an activating group) is 1. The third-order valence-electron chi connectivity index (χ3n) is 2.50. The van der Waals surface area contributed by atoms with Crippen LogP contribution in [0.2, 0.25) is 0 Å². The molecule has 0 saturated carbocycles. The fourth-order valence-corrected chi connectivity index (χ4v) is 1.56. The fourth-order valence-electron chi connectivity index (χ4n) is 1.56. The number of nitrogens with zero attached hydrogens (tertiary/aromatic N) is 3. The van der Waals surface area contributed by atoms with Crippen LogP contribution in [-0.2, 0) is 6.54 Å². The number of fused-ring (bicyclic) bond motifs is 1. The van der Waals surface area contributed by atoms with Crippen molar-refractivity contribution in [3.63, 3.8) is 0 Å². The first-order chi connectivity index (χ1) is 5.29. The topological polar surface area (TPSA) is 21.1 Å². The summed E-state index contributed by atoms with van der Waals surface area (Å²) < 4.78 is 2.09. The van der Waals surface area contributed by atoms with Gasteiger partial charge in [-0.05, 0) is 20.0 Å². The Hall–Kier alpha value is -0.830. The maximum absolute atomic E-state index is 4.23. The van der Waals surface area contributed by atoms with Crippen LogP contribution in [0.4, 0.5) is 0 Å². The van der Waals surface area contributed by atoms with Crippen molar-refractivity contribution < 1.29 is 0 Å². The highest BCUT2D eigenvalue weighted by molar-refractivity contribution is 5.07. The summed E-state index contributed by atoms with van der Waals surface area (Å²) in [6, 6.07) is 2.62. The zero-order chi connectivity index (χ0) is 7.84. The Morgan fingerprint density at radius 1 is 1.55 bits per heavy atom. The summed E-state index contributed by atoms with van der Waals surface area (Å²) in [5, 5.41) is 4.23. The Labute approximate surface area is 66.6 Å². The second kappa shape index (κ2) is 2.34. The van der Waals surface area contributed by atoms with Gasteiger partial charge in [0.25, 0.3) is 0 Å². The predicted octanol–water partition coefficient (Wildman–Crippen LogP) is 0.889. The molecule has 0 amide bonds. The number of aromatic nitrogens is 2. The third-order valence-corrected chi connectivity index (χ3v) is 2.50. The Balaban J connectivity index is 2.38. The second-order valence-electron chi connectivity index (χ2n) is 3.14. The molecule has 60 valence electrons. The van der Waals surface area contributed by atoms with Crippen LogP contribution < -0.4 is 0 Å². The van der Waals surface area contributed by atoms with Crippen LogP contribution in [0.3, 0.4) is 0 Å². The van der Waals surface area contributed by atoms with E-state index in [1.165, 1.54) is 5.69 Å². The fraction of sp³-hybridized carbons (Fsp3) is 0.625. The minimum atomic E-state index is 0.520. The van der Waals surface area contributed by atoms with E-state index in [4.69, 9.17) is 0 Å². The molecule has 2 rings (SSSR count). The van der Waals surface area contributed by atoms with Gasteiger partial charge < -0.3 is 0 Å². The molecule has 1 aromatic heterocycles. The van der Waals surface area contributed by atoms with Crippen LogP contribution >= 0.6 is 0 Å². The molecule has 2 heterocycles. The lowest BCUT2D eigenvalue weighted by Crippen LogP contribution is -2.33. The first-order valence-corrected chi connectivity index (χ1v) is 4.01. The number of rotatable bonds is 0. The lowest BCUT2D eigenvalue weighted by Gasteiger charge is -2.30. The van der Waals surface area contributed by atoms with Crippen molar-refractivity contribution in [1.82, 2.24) is 14.7 Å². The van der Waals surface area contributed by atoms with Gasteiger partial charge in [0.2, 0.25) is 0 Å². The van der Waals surface area contributed by atoms with E-state index in [1.807, 2.05) is 6.20 Å². The van der Waals surface area contributed by atoms with E-state index in [0.717, 1.165) is 13.1 Å². The maximum Gasteiger partial charge on any atom is 0.0553 e. The molecule has 0 radical (unpaired) electrons. The summed E-state index contributed by atoms with van der Waals surface area (Å²) in [4.78, 5) is 2.34. The summed E-state index contributed by atoms with van der Waals surface area (Å²) in [6.45, 7) is 4.35. The molecule has 0 aromatic carbocycles. The predicted molar refractivity (Wildman–Crippen MR) is 43.3 cm³/mol. The Morgan fingerprint density at radius 2 is 2.36 bits per heavy atom. The Bertz CT molecular complexity index is 254. The zero-order valence-corrected chi connectivity index (χ0v) is 6.99. The SMILES string of the molecule is CC1c2ccnn2CCN1C. The summed E-state index contributed by atoms with van der Waals surface area (Å²) >= 11 is 0. The summed E-state index contributed by atoms with van der Waals surface area (Å²) in [5.74, 6) is 0. The Kier molecular flexibility index (Phi) is 1.46. The summed E-state index contributed by atoms with van der Waals surface area (Å²) in [6.07, 6.45) is 1.88. The van der Waals surface area contributed by atoms with Gasteiger partial charge in [0.15, 0.2) is 0 Å². The van der Waals surface area contributed by atoms with Gasteiger partial charge in [-0.2, -0.15) is 5.10 Å². The average molecular weight is 151 g/mol. The highest BCUT2D eigenvalue weighted by atomic mass is 15.3. The molecule has 1 atom stereocenters. The zero-order valence-electron chi connectivity index (χ0n) is 6.99. The van der Waals surface area contributed by atoms with Gasteiger partial charge in [-0.3, -0.25) is 9.58 Å². The molecule has 0 aliphatic carbocycles. The molecular formula is C8H13N3. The van der Waals surface area contributed by atoms with E-state index in [9.17, 15) is 0 Å². The molecule has 0 saturated heterocycles. The van der Waals surface area contributed by atoms with Crippen LogP contribution in [0.5, 0.6) is 0 Å². The average Bonchev–Trinajstić information content (AvgIpc) is 2.45. The van der Waals surface area contributed by atoms with Crippen molar-refractivity contribution in [2.24, 2.45) is 0 Å². The van der Waals surface area contributed by atoms with E-state index in [1.54, 1.807) is 0 Å². The van der Waals surface area contributed by atoms with Crippen molar-refractivity contribution in [2.75, 3.05) is 13.6 Å². The molecule has 0 spiro atoms. The van der Waals surface area contributed by atoms with Gasteiger partial charge in [-0.15, -0.1) is 0 Å². The quantitative estimate of drug-likeness (QED) is 0.549. The largest absolute Gasteiger partial charge is 0.296 e. The van der Waals surface area contributed by atoms with Gasteiger partial charge in [-0.1, -0.05) is 0 Å². The second-order valence-corrected chi connectivity index (χ2v) is 3.14. The van der Waals surface area contributed by atoms with Gasteiger partial charge in [-0.25, -0.2) is 0 Å². The normalized spacial score (nSPS) is 25.1. The lowest BCUT2D eigenvalue weighted by atomic mass is 10.2. The highest BCUT2D eigenvalue weighted by Crippen LogP contribution is 2.21. The van der Waals surface area contributed by atoms with E-state index in [0.29, 0.717) is 6.04 Å². The first-order valence-electron chi connectivity index (χ1n) is 4.01. The van der Waals surface area contributed by atoms with Crippen molar-refractivity contribution in [1.29, 1.82) is 0 Å². The molecule has 1 aliphatic heterocycles. The van der Waals surface area contributed by atoms with Gasteiger partial charge in [0, 0.05) is 18.8 Å². The van der Waals surface area contributed by atoms with E-state index < -0.39 is 0 Å². The van der Waals surface area contributed by atoms with Crippen molar-refractivity contribution in [3.05, 3.63) is 18.0 Å². The molecule has 1 unspecified atom stereocenters. The van der Waals surface area contributed by atoms with Crippen LogP contribution in [0.1, 0.15) is 18.7 Å². The van der Waals surface area contributed by atoms with E-state index in [2.05, 4.69) is 34.7 Å². The standard InChI is InChI=1S/C8H13N3/c1-7-8-3-4-9-11(8)6-5-10(7)2/h3-4,7H,5-6H2,1-2H3. The van der Waals surface area contributed by atoms with Crippen molar-refractivity contribution >= 4 is 0 Å². The number of hydrogen-bond donors (Lipinski definition) is 0. The van der Waals surface area contributed by atoms with Crippen LogP contribution in [0.25, 0.3) is 0 Å². The van der Waals surface area contributed by atoms with Crippen LogP contribution in [-0.4, -0.2) is 28.3 Å². The van der Waals surface area contributed by atoms with E-state index >= 15 is 0 Å². The monoisotopic (exact) mass is 151 g/mol. The molecule has 0 bridgehead atoms. The molecule has 1 aliphatic rings. The summed E-state index contributed by atoms with van der Waals surface area (Å²) in [5.41, 5.74) is 1.33. The molecule has 0 N–H and O–H groups in total. The molecule has 11 heavy (non-hydrogen) atoms. The van der Waals surface area contributed by atoms with Crippen LogP contribution in [0.15, 0.2) is 12.3 Å². The smallest absolute Gasteiger partial charge is 0.0553 e. The molecule has 0 fully saturated rings. The van der Waals surface area contributed by atoms with Crippen LogP contribution in [0, 0.1) is 0 Å². The summed E-state index contributed by atoms with van der Waals surface area (Å²) in [7, 11) is 2.15. The van der Waals surface area contributed by atoms with Gasteiger partial charge in [0.05, 0.1) is 12.2 Å². The third kappa shape index (κ3) is 0.959. The first kappa shape index (κ1) is 6.85. The molecule has 3 nitrogen and oxygen atoms in total. The molecule has 1 aromatic rings. The lowest BCUT2D eigenvalue weighted by molar-refractivity contribution is 0.203. The number of hydrogen-bond acceptors (Lipinski definition) is 2. The van der Waals surface area contributed by atoms with Crippen molar-refractivity contribution in [3.8, 4) is 0 Å². The highest BCUT2D eigenvalue weighted by Gasteiger charge is 2.20. The minimum absolute atomic E-state index is 0.520. The minimum Gasteiger partial charge on any atom is -0.296 e. The molecule has 3 heteroatoms. The molecular weight excluding hydrogens is 138 g/mol. The Morgan fingerprint density at radius 3 is 3.18 bits per heavy atom. The van der Waals surface area contributed by atoms with Gasteiger partial charge in [0.1, 0.15) is 0 Å². The van der Waals surface area contributed by atoms with E-state index in [-0.39, 0.29) is 0 Å². The van der Waals surface area contributed by atoms with Gasteiger partial charge >= 0.3 is 0 Å².